The van der Waals surface area contributed by atoms with Gasteiger partial charge in [0.2, 0.25) is 5.91 Å². The molecule has 1 aromatic carbocycles. The van der Waals surface area contributed by atoms with Gasteiger partial charge in [-0.05, 0) is 42.5 Å². The minimum atomic E-state index is -0.325. The van der Waals surface area contributed by atoms with Gasteiger partial charge in [0.25, 0.3) is 0 Å². The van der Waals surface area contributed by atoms with Crippen molar-refractivity contribution in [2.24, 2.45) is 5.92 Å². The Kier molecular flexibility index (Phi) is 4.46. The van der Waals surface area contributed by atoms with Crippen molar-refractivity contribution < 1.29 is 14.3 Å². The van der Waals surface area contributed by atoms with Crippen LogP contribution in [0.15, 0.2) is 18.2 Å². The number of hydrogen-bond donors (Lipinski definition) is 0. The number of hydrogen-bond acceptors (Lipinski definition) is 3. The van der Waals surface area contributed by atoms with Gasteiger partial charge >= 0.3 is 5.97 Å². The number of fused-ring (bicyclic) bond motifs is 1. The third-order valence-corrected chi connectivity index (χ3v) is 4.94. The Bertz CT molecular complexity index is 576. The van der Waals surface area contributed by atoms with Crippen molar-refractivity contribution >= 4 is 17.6 Å². The zero-order valence-electron chi connectivity index (χ0n) is 13.1. The number of nitrogens with zero attached hydrogens (tertiary/aromatic N) is 1. The third-order valence-electron chi connectivity index (χ3n) is 4.94. The van der Waals surface area contributed by atoms with Crippen molar-refractivity contribution in [3.05, 3.63) is 29.3 Å². The average molecular weight is 301 g/mol. The Morgan fingerprint density at radius 3 is 2.77 bits per heavy atom. The van der Waals surface area contributed by atoms with Gasteiger partial charge in [-0.3, -0.25) is 4.79 Å². The van der Waals surface area contributed by atoms with Crippen molar-refractivity contribution in [2.75, 3.05) is 18.6 Å². The zero-order valence-corrected chi connectivity index (χ0v) is 13.1. The molecular weight excluding hydrogens is 278 g/mol. The highest BCUT2D eigenvalue weighted by Gasteiger charge is 2.26. The van der Waals surface area contributed by atoms with Crippen LogP contribution < -0.4 is 4.90 Å². The summed E-state index contributed by atoms with van der Waals surface area (Å²) in [6, 6.07) is 5.47. The van der Waals surface area contributed by atoms with Gasteiger partial charge in [0.05, 0.1) is 12.7 Å². The van der Waals surface area contributed by atoms with E-state index in [1.807, 2.05) is 17.0 Å². The number of anilines is 1. The molecule has 0 spiro atoms. The van der Waals surface area contributed by atoms with E-state index >= 15 is 0 Å². The van der Waals surface area contributed by atoms with Crippen LogP contribution in [0.1, 0.15) is 54.4 Å². The molecule has 4 heteroatoms. The molecule has 1 aliphatic carbocycles. The van der Waals surface area contributed by atoms with Crippen LogP contribution in [0.5, 0.6) is 0 Å². The number of carbonyl (C=O) groups excluding carboxylic acids is 2. The number of ether oxygens (including phenoxy) is 1. The Labute approximate surface area is 131 Å². The number of methoxy groups -OCH3 is 1. The predicted octanol–water partition coefficient (Wildman–Crippen LogP) is 3.33. The van der Waals surface area contributed by atoms with E-state index in [4.69, 9.17) is 4.74 Å². The van der Waals surface area contributed by atoms with Crippen molar-refractivity contribution in [3.63, 3.8) is 0 Å². The van der Waals surface area contributed by atoms with Gasteiger partial charge in [-0.2, -0.15) is 0 Å². The van der Waals surface area contributed by atoms with E-state index in [2.05, 4.69) is 0 Å². The van der Waals surface area contributed by atoms with Crippen LogP contribution in [0, 0.1) is 5.92 Å². The second-order valence-electron chi connectivity index (χ2n) is 6.32. The number of esters is 1. The molecule has 22 heavy (non-hydrogen) atoms. The van der Waals surface area contributed by atoms with Gasteiger partial charge < -0.3 is 9.64 Å². The van der Waals surface area contributed by atoms with Crippen molar-refractivity contribution in [1.82, 2.24) is 0 Å². The normalized spacial score (nSPS) is 17.6. The Balaban J connectivity index is 1.65. The van der Waals surface area contributed by atoms with Crippen LogP contribution in [-0.4, -0.2) is 25.5 Å². The molecule has 0 unspecified atom stereocenters. The zero-order chi connectivity index (χ0) is 15.5. The Hall–Kier alpha value is -1.84. The molecule has 4 nitrogen and oxygen atoms in total. The quantitative estimate of drug-likeness (QED) is 0.801. The monoisotopic (exact) mass is 301 g/mol. The average Bonchev–Trinajstić information content (AvgIpc) is 3.20. The topological polar surface area (TPSA) is 46.6 Å². The summed E-state index contributed by atoms with van der Waals surface area (Å²) in [7, 11) is 1.38. The van der Waals surface area contributed by atoms with Crippen LogP contribution >= 0.6 is 0 Å². The van der Waals surface area contributed by atoms with Gasteiger partial charge in [-0.25, -0.2) is 4.79 Å². The SMILES string of the molecule is COC(=O)c1ccc2c(c1)CCN2C(=O)CCC1CCCC1. The number of carbonyl (C=O) groups is 2. The molecular formula is C18H23NO3. The van der Waals surface area contributed by atoms with Crippen LogP contribution in [0.3, 0.4) is 0 Å². The van der Waals surface area contributed by atoms with Gasteiger partial charge in [-0.1, -0.05) is 25.7 Å². The number of benzene rings is 1. The second kappa shape index (κ2) is 6.51. The summed E-state index contributed by atoms with van der Waals surface area (Å²) in [6.45, 7) is 0.726. The lowest BCUT2D eigenvalue weighted by molar-refractivity contribution is -0.118. The fourth-order valence-electron chi connectivity index (χ4n) is 3.67. The summed E-state index contributed by atoms with van der Waals surface area (Å²) in [4.78, 5) is 25.9. The van der Waals surface area contributed by atoms with E-state index in [1.165, 1.54) is 32.8 Å². The molecule has 0 radical (unpaired) electrons. The molecule has 1 aliphatic heterocycles. The molecule has 0 bridgehead atoms. The molecule has 0 N–H and O–H groups in total. The van der Waals surface area contributed by atoms with Crippen LogP contribution in [0.4, 0.5) is 5.69 Å². The summed E-state index contributed by atoms with van der Waals surface area (Å²) >= 11 is 0. The van der Waals surface area contributed by atoms with E-state index < -0.39 is 0 Å². The molecule has 3 rings (SSSR count). The van der Waals surface area contributed by atoms with Crippen LogP contribution in [0.2, 0.25) is 0 Å². The molecule has 1 heterocycles. The van der Waals surface area contributed by atoms with Crippen molar-refractivity contribution in [2.45, 2.75) is 44.9 Å². The van der Waals surface area contributed by atoms with Gasteiger partial charge in [0, 0.05) is 18.7 Å². The van der Waals surface area contributed by atoms with E-state index in [0.29, 0.717) is 12.0 Å². The standard InChI is InChI=1S/C18H23NO3/c1-22-18(21)15-7-8-16-14(12-15)10-11-19(16)17(20)9-6-13-4-2-3-5-13/h7-8,12-13H,2-6,9-11H2,1H3. The maximum absolute atomic E-state index is 12.5. The smallest absolute Gasteiger partial charge is 0.337 e. The van der Waals surface area contributed by atoms with E-state index in [0.717, 1.165) is 36.6 Å². The first-order valence-corrected chi connectivity index (χ1v) is 8.20. The van der Waals surface area contributed by atoms with Gasteiger partial charge in [0.15, 0.2) is 0 Å². The summed E-state index contributed by atoms with van der Waals surface area (Å²) in [5.41, 5.74) is 2.59. The van der Waals surface area contributed by atoms with E-state index in [-0.39, 0.29) is 11.9 Å². The predicted molar refractivity (Wildman–Crippen MR) is 85.0 cm³/mol. The molecule has 1 amide bonds. The lowest BCUT2D eigenvalue weighted by atomic mass is 10.0. The molecule has 118 valence electrons. The summed E-state index contributed by atoms with van der Waals surface area (Å²) in [5.74, 6) is 0.637. The first-order chi connectivity index (χ1) is 10.7. The summed E-state index contributed by atoms with van der Waals surface area (Å²) in [5, 5.41) is 0. The van der Waals surface area contributed by atoms with Gasteiger partial charge in [-0.15, -0.1) is 0 Å². The minimum absolute atomic E-state index is 0.219. The van der Waals surface area contributed by atoms with E-state index in [1.54, 1.807) is 6.07 Å². The number of amides is 1. The molecule has 1 fully saturated rings. The summed E-state index contributed by atoms with van der Waals surface area (Å²) < 4.78 is 4.75. The largest absolute Gasteiger partial charge is 0.465 e. The number of rotatable bonds is 4. The highest BCUT2D eigenvalue weighted by atomic mass is 16.5. The molecule has 2 aliphatic rings. The molecule has 1 aromatic rings. The Morgan fingerprint density at radius 1 is 1.27 bits per heavy atom. The molecule has 0 atom stereocenters. The molecule has 0 aromatic heterocycles. The highest BCUT2D eigenvalue weighted by molar-refractivity contribution is 5.97. The lowest BCUT2D eigenvalue weighted by Gasteiger charge is -2.18. The van der Waals surface area contributed by atoms with E-state index in [9.17, 15) is 9.59 Å². The Morgan fingerprint density at radius 2 is 2.05 bits per heavy atom. The maximum Gasteiger partial charge on any atom is 0.337 e. The van der Waals surface area contributed by atoms with Crippen LogP contribution in [0.25, 0.3) is 0 Å². The first-order valence-electron chi connectivity index (χ1n) is 8.20. The fraction of sp³-hybridized carbons (Fsp3) is 0.556. The summed E-state index contributed by atoms with van der Waals surface area (Å²) in [6.07, 6.45) is 7.69. The molecule has 0 saturated heterocycles. The third kappa shape index (κ3) is 3.01. The fourth-order valence-corrected chi connectivity index (χ4v) is 3.67. The van der Waals surface area contributed by atoms with Gasteiger partial charge in [0.1, 0.15) is 0 Å². The van der Waals surface area contributed by atoms with Crippen molar-refractivity contribution in [1.29, 1.82) is 0 Å². The minimum Gasteiger partial charge on any atom is -0.465 e. The maximum atomic E-state index is 12.5. The highest BCUT2D eigenvalue weighted by Crippen LogP contribution is 2.32. The molecule has 1 saturated carbocycles. The lowest BCUT2D eigenvalue weighted by Crippen LogP contribution is -2.29. The van der Waals surface area contributed by atoms with Crippen molar-refractivity contribution in [3.8, 4) is 0 Å². The second-order valence-corrected chi connectivity index (χ2v) is 6.32. The van der Waals surface area contributed by atoms with Crippen LogP contribution in [-0.2, 0) is 16.0 Å². The first kappa shape index (κ1) is 15.1.